The fourth-order valence-electron chi connectivity index (χ4n) is 7.35. The molecular weight excluding hydrogens is 404 g/mol. The molecule has 2 aromatic rings. The Balaban J connectivity index is 1.30. The molecule has 2 bridgehead atoms. The highest BCUT2D eigenvalue weighted by Crippen LogP contribution is 2.59. The summed E-state index contributed by atoms with van der Waals surface area (Å²) >= 11 is 0. The molecule has 1 aromatic carbocycles. The Morgan fingerprint density at radius 2 is 1.94 bits per heavy atom. The van der Waals surface area contributed by atoms with Crippen LogP contribution < -0.4 is 0 Å². The molecule has 1 aromatic heterocycles. The van der Waals surface area contributed by atoms with Gasteiger partial charge in [0.15, 0.2) is 0 Å². The Morgan fingerprint density at radius 1 is 1.03 bits per heavy atom. The van der Waals surface area contributed by atoms with Gasteiger partial charge in [-0.2, -0.15) is 0 Å². The van der Waals surface area contributed by atoms with Gasteiger partial charge in [0.2, 0.25) is 0 Å². The van der Waals surface area contributed by atoms with E-state index >= 15 is 0 Å². The first-order chi connectivity index (χ1) is 16.0. The molecule has 4 aliphatic rings. The summed E-state index contributed by atoms with van der Waals surface area (Å²) in [6.45, 7) is 2.46. The van der Waals surface area contributed by atoms with E-state index in [1.54, 1.807) is 5.57 Å². The summed E-state index contributed by atoms with van der Waals surface area (Å²) in [5.74, 6) is 1.15. The highest BCUT2D eigenvalue weighted by Gasteiger charge is 2.59. The van der Waals surface area contributed by atoms with E-state index in [9.17, 15) is 0 Å². The zero-order valence-electron chi connectivity index (χ0n) is 20.5. The van der Waals surface area contributed by atoms with Gasteiger partial charge in [0.25, 0.3) is 0 Å². The fraction of sp³-hybridized carbons (Fsp3) is 0.567. The molecule has 3 heteroatoms. The topological polar surface area (TPSA) is 25.4 Å². The van der Waals surface area contributed by atoms with Gasteiger partial charge < -0.3 is 9.64 Å². The molecule has 2 aliphatic carbocycles. The molecular formula is C30H38N2O. The van der Waals surface area contributed by atoms with E-state index in [0.717, 1.165) is 6.42 Å². The molecule has 33 heavy (non-hydrogen) atoms. The Bertz CT molecular complexity index is 1120. The smallest absolute Gasteiger partial charge is 0.0966 e. The molecule has 0 radical (unpaired) electrons. The van der Waals surface area contributed by atoms with Gasteiger partial charge >= 0.3 is 0 Å². The van der Waals surface area contributed by atoms with Crippen LogP contribution in [0.1, 0.15) is 76.2 Å². The van der Waals surface area contributed by atoms with Gasteiger partial charge in [0, 0.05) is 23.8 Å². The standard InChI is InChI=1S/C30H38N2O/c1-21-7-8-22(24-10-9-23-13-16-31-20-25(23)17-24)5-4-6-27-18-26-11-12-28(32(2)3)19-29(26)14-15-30(21,27)33-29/h6,9-10,13,16-18,20-22,28H,4-5,7-8,11-12,14-15,19H2,1-3H3. The zero-order chi connectivity index (χ0) is 22.6. The fourth-order valence-corrected chi connectivity index (χ4v) is 7.35. The van der Waals surface area contributed by atoms with Gasteiger partial charge in [-0.3, -0.25) is 4.98 Å². The largest absolute Gasteiger partial charge is 0.359 e. The van der Waals surface area contributed by atoms with E-state index in [1.165, 1.54) is 73.3 Å². The van der Waals surface area contributed by atoms with Crippen LogP contribution in [0, 0.1) is 5.92 Å². The van der Waals surface area contributed by atoms with Crippen molar-refractivity contribution >= 4 is 10.8 Å². The predicted octanol–water partition coefficient (Wildman–Crippen LogP) is 6.80. The summed E-state index contributed by atoms with van der Waals surface area (Å²) in [4.78, 5) is 6.77. The molecule has 5 atom stereocenters. The third-order valence-corrected chi connectivity index (χ3v) is 9.48. The van der Waals surface area contributed by atoms with Crippen molar-refractivity contribution in [1.29, 1.82) is 0 Å². The van der Waals surface area contributed by atoms with Crippen molar-refractivity contribution in [3.05, 3.63) is 65.5 Å². The summed E-state index contributed by atoms with van der Waals surface area (Å²) in [6.07, 6.45) is 19.9. The molecule has 1 saturated heterocycles. The molecule has 2 fully saturated rings. The molecule has 2 aliphatic heterocycles. The first-order valence-electron chi connectivity index (χ1n) is 13.1. The van der Waals surface area contributed by atoms with Crippen LogP contribution in [-0.2, 0) is 4.74 Å². The van der Waals surface area contributed by atoms with Gasteiger partial charge in [0.05, 0.1) is 11.2 Å². The number of hydrogen-bond acceptors (Lipinski definition) is 3. The number of hydrogen-bond donors (Lipinski definition) is 0. The van der Waals surface area contributed by atoms with Crippen LogP contribution in [0.3, 0.4) is 0 Å². The molecule has 5 unspecified atom stereocenters. The number of benzene rings is 1. The first kappa shape index (κ1) is 21.6. The maximum atomic E-state index is 7.29. The number of ether oxygens (including phenoxy) is 1. The second-order valence-corrected chi connectivity index (χ2v) is 11.4. The van der Waals surface area contributed by atoms with E-state index < -0.39 is 0 Å². The maximum Gasteiger partial charge on any atom is 0.0966 e. The predicted molar refractivity (Wildman–Crippen MR) is 135 cm³/mol. The zero-order valence-corrected chi connectivity index (χ0v) is 20.5. The second-order valence-electron chi connectivity index (χ2n) is 11.4. The van der Waals surface area contributed by atoms with Crippen molar-refractivity contribution in [3.8, 4) is 0 Å². The number of aromatic nitrogens is 1. The van der Waals surface area contributed by atoms with Crippen molar-refractivity contribution in [2.75, 3.05) is 14.1 Å². The van der Waals surface area contributed by atoms with Crippen molar-refractivity contribution in [3.63, 3.8) is 0 Å². The van der Waals surface area contributed by atoms with Crippen LogP contribution in [0.5, 0.6) is 0 Å². The number of nitrogens with zero attached hydrogens (tertiary/aromatic N) is 2. The van der Waals surface area contributed by atoms with Crippen molar-refractivity contribution in [2.45, 2.75) is 87.9 Å². The van der Waals surface area contributed by atoms with E-state index in [2.05, 4.69) is 67.3 Å². The van der Waals surface area contributed by atoms with Crippen LogP contribution in [-0.4, -0.2) is 41.2 Å². The number of fused-ring (bicyclic) bond motifs is 1. The van der Waals surface area contributed by atoms with Crippen LogP contribution >= 0.6 is 0 Å². The summed E-state index contributed by atoms with van der Waals surface area (Å²) in [7, 11) is 4.47. The van der Waals surface area contributed by atoms with Crippen LogP contribution in [0.15, 0.2) is 60.0 Å². The summed E-state index contributed by atoms with van der Waals surface area (Å²) in [6, 6.07) is 9.76. The lowest BCUT2D eigenvalue weighted by atomic mass is 9.74. The Hall–Kier alpha value is -1.97. The second kappa shape index (κ2) is 8.06. The normalized spacial score (nSPS) is 36.3. The molecule has 0 amide bonds. The first-order valence-corrected chi connectivity index (χ1v) is 13.1. The lowest BCUT2D eigenvalue weighted by molar-refractivity contribution is -0.115. The Labute approximate surface area is 198 Å². The van der Waals surface area contributed by atoms with Crippen LogP contribution in [0.2, 0.25) is 0 Å². The van der Waals surface area contributed by atoms with E-state index in [1.807, 2.05) is 12.4 Å². The van der Waals surface area contributed by atoms with Crippen molar-refractivity contribution in [1.82, 2.24) is 9.88 Å². The highest BCUT2D eigenvalue weighted by molar-refractivity contribution is 5.82. The number of pyridine rings is 1. The number of allylic oxidation sites excluding steroid dienone is 1. The maximum absolute atomic E-state index is 7.29. The molecule has 3 nitrogen and oxygen atoms in total. The van der Waals surface area contributed by atoms with Gasteiger partial charge in [0.1, 0.15) is 0 Å². The summed E-state index contributed by atoms with van der Waals surface area (Å²) < 4.78 is 7.29. The van der Waals surface area contributed by atoms with Crippen LogP contribution in [0.25, 0.3) is 10.8 Å². The van der Waals surface area contributed by atoms with E-state index in [0.29, 0.717) is 17.9 Å². The third kappa shape index (κ3) is 3.51. The minimum atomic E-state index is -0.0695. The summed E-state index contributed by atoms with van der Waals surface area (Å²) in [5.41, 5.74) is 4.50. The van der Waals surface area contributed by atoms with Gasteiger partial charge in [-0.1, -0.05) is 31.2 Å². The lowest BCUT2D eigenvalue weighted by Crippen LogP contribution is -2.50. The molecule has 2 spiro atoms. The van der Waals surface area contributed by atoms with Gasteiger partial charge in [-0.15, -0.1) is 0 Å². The average molecular weight is 443 g/mol. The minimum absolute atomic E-state index is 0.00239. The molecule has 174 valence electrons. The Morgan fingerprint density at radius 3 is 2.82 bits per heavy atom. The minimum Gasteiger partial charge on any atom is -0.359 e. The molecule has 0 N–H and O–H groups in total. The molecule has 3 heterocycles. The van der Waals surface area contributed by atoms with Crippen molar-refractivity contribution in [2.24, 2.45) is 5.92 Å². The lowest BCUT2D eigenvalue weighted by Gasteiger charge is -2.49. The van der Waals surface area contributed by atoms with Crippen molar-refractivity contribution < 1.29 is 4.74 Å². The average Bonchev–Trinajstić information content (AvgIpc) is 3.18. The van der Waals surface area contributed by atoms with Crippen LogP contribution in [0.4, 0.5) is 0 Å². The molecule has 6 rings (SSSR count). The summed E-state index contributed by atoms with van der Waals surface area (Å²) in [5, 5.41) is 2.55. The quantitative estimate of drug-likeness (QED) is 0.511. The van der Waals surface area contributed by atoms with E-state index in [4.69, 9.17) is 4.74 Å². The number of rotatable bonds is 2. The van der Waals surface area contributed by atoms with Gasteiger partial charge in [-0.25, -0.2) is 0 Å². The highest BCUT2D eigenvalue weighted by atomic mass is 16.5. The Kier molecular flexibility index (Phi) is 5.27. The molecule has 1 saturated carbocycles. The van der Waals surface area contributed by atoms with E-state index in [-0.39, 0.29) is 11.2 Å². The third-order valence-electron chi connectivity index (χ3n) is 9.48. The SMILES string of the molecule is CC1CCC(c2ccc3ccncc3c2)CCC=C2C=C3CCC(N(C)C)CC34CCC21O4. The van der Waals surface area contributed by atoms with Gasteiger partial charge in [-0.05, 0) is 118 Å². The monoisotopic (exact) mass is 442 g/mol.